The summed E-state index contributed by atoms with van der Waals surface area (Å²) < 4.78 is 0. The van der Waals surface area contributed by atoms with Crippen LogP contribution in [0, 0.1) is 63.6 Å². The maximum atomic E-state index is 2.63. The van der Waals surface area contributed by atoms with Crippen molar-refractivity contribution >= 4 is 0 Å². The summed E-state index contributed by atoms with van der Waals surface area (Å²) in [6.07, 6.45) is 4.50. The topological polar surface area (TPSA) is 0 Å². The molecule has 0 heteroatoms. The van der Waals surface area contributed by atoms with E-state index >= 15 is 0 Å². The lowest BCUT2D eigenvalue weighted by molar-refractivity contribution is 0.0125. The Morgan fingerprint density at radius 1 is 1.05 bits per heavy atom. The Balaban J connectivity index is 1.71. The molecule has 4 rings (SSSR count). The first-order chi connectivity index (χ1) is 10.2. The molecule has 0 radical (unpaired) electrons. The minimum atomic E-state index is 0.710. The summed E-state index contributed by atoms with van der Waals surface area (Å²) in [5.41, 5.74) is 2.18. The molecule has 4 aliphatic rings. The first kappa shape index (κ1) is 15.5. The molecule has 4 saturated carbocycles. The molecule has 0 nitrogen and oxygen atoms in total. The third-order valence-electron chi connectivity index (χ3n) is 9.84. The Morgan fingerprint density at radius 2 is 1.68 bits per heavy atom. The molecule has 4 fully saturated rings. The van der Waals surface area contributed by atoms with Crippen LogP contribution in [0.1, 0.15) is 74.7 Å². The van der Waals surface area contributed by atoms with Gasteiger partial charge in [0.05, 0.1) is 0 Å². The van der Waals surface area contributed by atoms with Gasteiger partial charge in [0.15, 0.2) is 0 Å². The fourth-order valence-corrected chi connectivity index (χ4v) is 8.91. The van der Waals surface area contributed by atoms with Gasteiger partial charge in [0.25, 0.3) is 0 Å². The highest BCUT2D eigenvalue weighted by molar-refractivity contribution is 5.40. The highest BCUT2D eigenvalue weighted by Gasteiger charge is 2.94. The molecule has 0 aliphatic heterocycles. The summed E-state index contributed by atoms with van der Waals surface area (Å²) in [6.45, 7) is 20.4. The molecular formula is C22H38. The van der Waals surface area contributed by atoms with Crippen LogP contribution in [0.15, 0.2) is 0 Å². The van der Waals surface area contributed by atoms with Crippen LogP contribution in [0.2, 0.25) is 0 Å². The molecule has 0 spiro atoms. The Bertz CT molecular complexity index is 490. The van der Waals surface area contributed by atoms with Gasteiger partial charge in [0.2, 0.25) is 0 Å². The third-order valence-corrected chi connectivity index (χ3v) is 9.84. The second-order valence-corrected chi connectivity index (χ2v) is 10.6. The van der Waals surface area contributed by atoms with E-state index in [1.165, 1.54) is 12.8 Å². The SMILES string of the molecule is CCC(C(C)C)C12CC1C2(C(C)C)C1C(C)C2CC2(C)C1C. The smallest absolute Gasteiger partial charge is 0.0144 e. The van der Waals surface area contributed by atoms with Gasteiger partial charge < -0.3 is 0 Å². The minimum Gasteiger partial charge on any atom is -0.0651 e. The lowest BCUT2D eigenvalue weighted by Crippen LogP contribution is -2.41. The van der Waals surface area contributed by atoms with Crippen molar-refractivity contribution in [2.24, 2.45) is 63.6 Å². The fraction of sp³-hybridized carbons (Fsp3) is 1.00. The summed E-state index contributed by atoms with van der Waals surface area (Å²) >= 11 is 0. The third kappa shape index (κ3) is 1.35. The standard InChI is InChI=1S/C22H38/c1-9-16(12(2)3)21-11-18(21)22(21,13(4)5)19-14(6)17-10-20(17,8)15(19)7/h12-19H,9-11H2,1-8H3. The van der Waals surface area contributed by atoms with Crippen LogP contribution >= 0.6 is 0 Å². The average molecular weight is 303 g/mol. The van der Waals surface area contributed by atoms with Crippen molar-refractivity contribution in [2.75, 3.05) is 0 Å². The number of fused-ring (bicyclic) bond motifs is 2. The van der Waals surface area contributed by atoms with Crippen LogP contribution in [0.4, 0.5) is 0 Å². The van der Waals surface area contributed by atoms with Gasteiger partial charge in [0, 0.05) is 0 Å². The molecule has 9 unspecified atom stereocenters. The molecule has 0 aromatic carbocycles. The van der Waals surface area contributed by atoms with Crippen molar-refractivity contribution in [3.63, 3.8) is 0 Å². The predicted molar refractivity (Wildman–Crippen MR) is 94.5 cm³/mol. The summed E-state index contributed by atoms with van der Waals surface area (Å²) in [4.78, 5) is 0. The molecule has 0 heterocycles. The number of rotatable bonds is 5. The first-order valence-corrected chi connectivity index (χ1v) is 10.2. The minimum absolute atomic E-state index is 0.710. The first-order valence-electron chi connectivity index (χ1n) is 10.2. The van der Waals surface area contributed by atoms with E-state index in [2.05, 4.69) is 55.4 Å². The quantitative estimate of drug-likeness (QED) is 0.562. The molecule has 0 aromatic rings. The highest BCUT2D eigenvalue weighted by Crippen LogP contribution is 2.98. The molecule has 22 heavy (non-hydrogen) atoms. The molecule has 0 bridgehead atoms. The predicted octanol–water partition coefficient (Wildman–Crippen LogP) is 6.26. The van der Waals surface area contributed by atoms with Crippen molar-refractivity contribution < 1.29 is 0 Å². The molecule has 0 aromatic heterocycles. The second-order valence-electron chi connectivity index (χ2n) is 10.6. The zero-order valence-electron chi connectivity index (χ0n) is 16.2. The molecule has 126 valence electrons. The summed E-state index contributed by atoms with van der Waals surface area (Å²) in [5.74, 6) is 7.83. The number of hydrogen-bond donors (Lipinski definition) is 0. The van der Waals surface area contributed by atoms with E-state index in [9.17, 15) is 0 Å². The van der Waals surface area contributed by atoms with Gasteiger partial charge in [-0.1, -0.05) is 61.8 Å². The van der Waals surface area contributed by atoms with Crippen molar-refractivity contribution in [1.29, 1.82) is 0 Å². The maximum Gasteiger partial charge on any atom is -0.0144 e. The lowest BCUT2D eigenvalue weighted by atomic mass is 9.58. The van der Waals surface area contributed by atoms with E-state index in [4.69, 9.17) is 0 Å². The van der Waals surface area contributed by atoms with E-state index in [0.29, 0.717) is 10.8 Å². The molecule has 0 saturated heterocycles. The zero-order chi connectivity index (χ0) is 16.2. The summed E-state index contributed by atoms with van der Waals surface area (Å²) in [7, 11) is 0. The van der Waals surface area contributed by atoms with Crippen LogP contribution < -0.4 is 0 Å². The normalized spacial score (nSPS) is 59.5. The molecule has 9 atom stereocenters. The van der Waals surface area contributed by atoms with Gasteiger partial charge in [-0.3, -0.25) is 0 Å². The molecule has 0 N–H and O–H groups in total. The van der Waals surface area contributed by atoms with E-state index < -0.39 is 0 Å². The van der Waals surface area contributed by atoms with E-state index in [1.807, 2.05) is 0 Å². The van der Waals surface area contributed by atoms with Gasteiger partial charge in [0.1, 0.15) is 0 Å². The van der Waals surface area contributed by atoms with Gasteiger partial charge in [-0.05, 0) is 76.4 Å². The second kappa shape index (κ2) is 4.15. The van der Waals surface area contributed by atoms with E-state index in [-0.39, 0.29) is 0 Å². The van der Waals surface area contributed by atoms with Crippen LogP contribution in [-0.4, -0.2) is 0 Å². The average Bonchev–Trinajstić information content (AvgIpc) is 3.31. The number of hydrogen-bond acceptors (Lipinski definition) is 0. The fourth-order valence-electron chi connectivity index (χ4n) is 8.91. The van der Waals surface area contributed by atoms with Crippen molar-refractivity contribution in [3.8, 4) is 0 Å². The monoisotopic (exact) mass is 302 g/mol. The summed E-state index contributed by atoms with van der Waals surface area (Å²) in [5, 5.41) is 0. The van der Waals surface area contributed by atoms with E-state index in [1.54, 1.807) is 6.42 Å². The Labute approximate surface area is 138 Å². The largest absolute Gasteiger partial charge is 0.0651 e. The van der Waals surface area contributed by atoms with Crippen LogP contribution in [0.25, 0.3) is 0 Å². The Kier molecular flexibility index (Phi) is 2.93. The van der Waals surface area contributed by atoms with Gasteiger partial charge >= 0.3 is 0 Å². The van der Waals surface area contributed by atoms with Gasteiger partial charge in [-0.15, -0.1) is 0 Å². The van der Waals surface area contributed by atoms with Crippen LogP contribution in [0.5, 0.6) is 0 Å². The van der Waals surface area contributed by atoms with Crippen LogP contribution in [-0.2, 0) is 0 Å². The lowest BCUT2D eigenvalue weighted by Gasteiger charge is -2.46. The Hall–Kier alpha value is 0. The zero-order valence-corrected chi connectivity index (χ0v) is 16.2. The van der Waals surface area contributed by atoms with Gasteiger partial charge in [-0.2, -0.15) is 0 Å². The van der Waals surface area contributed by atoms with Crippen molar-refractivity contribution in [1.82, 2.24) is 0 Å². The van der Waals surface area contributed by atoms with Crippen molar-refractivity contribution in [2.45, 2.75) is 74.7 Å². The van der Waals surface area contributed by atoms with Crippen molar-refractivity contribution in [3.05, 3.63) is 0 Å². The summed E-state index contributed by atoms with van der Waals surface area (Å²) in [6, 6.07) is 0. The van der Waals surface area contributed by atoms with Crippen LogP contribution in [0.3, 0.4) is 0 Å². The molecule has 4 aliphatic carbocycles. The van der Waals surface area contributed by atoms with E-state index in [0.717, 1.165) is 52.8 Å². The maximum absolute atomic E-state index is 2.63. The highest BCUT2D eigenvalue weighted by atomic mass is 15.0. The molecular weight excluding hydrogens is 264 g/mol. The van der Waals surface area contributed by atoms with Gasteiger partial charge in [-0.25, -0.2) is 0 Å². The molecule has 0 amide bonds. The Morgan fingerprint density at radius 3 is 2.05 bits per heavy atom.